The number of amides is 1. The molecule has 6 heteroatoms. The zero-order valence-electron chi connectivity index (χ0n) is 10.2. The molecular weight excluding hydrogens is 228 g/mol. The molecule has 0 aromatic carbocycles. The minimum absolute atomic E-state index is 0.329. The molecule has 0 aliphatic rings. The Bertz CT molecular complexity index is 256. The predicted molar refractivity (Wildman–Crippen MR) is 65.2 cm³/mol. The molecular formula is C10H20N2O3S. The van der Waals surface area contributed by atoms with E-state index in [1.807, 2.05) is 6.26 Å². The molecule has 0 saturated heterocycles. The lowest BCUT2D eigenvalue weighted by Crippen LogP contribution is -2.55. The topological polar surface area (TPSA) is 81.4 Å². The number of methoxy groups -OCH3 is 1. The van der Waals surface area contributed by atoms with Gasteiger partial charge in [-0.3, -0.25) is 4.79 Å². The second kappa shape index (κ2) is 6.75. The third-order valence-corrected chi connectivity index (χ3v) is 2.75. The van der Waals surface area contributed by atoms with Crippen molar-refractivity contribution in [3.63, 3.8) is 0 Å². The second-order valence-corrected chi connectivity index (χ2v) is 4.98. The highest BCUT2D eigenvalue weighted by atomic mass is 32.2. The smallest absolute Gasteiger partial charge is 0.330 e. The first-order chi connectivity index (χ1) is 7.35. The average Bonchev–Trinajstić information content (AvgIpc) is 2.23. The standard InChI is InChI=1S/C10H20N2O3S/c1-10(2,9(14)15-3)12-8(13)7(11)5-6-16-4/h7H,5-6,11H2,1-4H3,(H,12,13)/t7-/m0/s1. The zero-order chi connectivity index (χ0) is 12.8. The van der Waals surface area contributed by atoms with E-state index in [-0.39, 0.29) is 5.91 Å². The van der Waals surface area contributed by atoms with Crippen LogP contribution in [0.2, 0.25) is 0 Å². The number of ether oxygens (including phenoxy) is 1. The van der Waals surface area contributed by atoms with Crippen molar-refractivity contribution < 1.29 is 14.3 Å². The lowest BCUT2D eigenvalue weighted by atomic mass is 10.1. The minimum atomic E-state index is -1.04. The highest BCUT2D eigenvalue weighted by molar-refractivity contribution is 7.98. The quantitative estimate of drug-likeness (QED) is 0.653. The SMILES string of the molecule is COC(=O)C(C)(C)NC(=O)[C@@H](N)CCSC. The molecule has 0 aromatic rings. The Morgan fingerprint density at radius 3 is 2.50 bits per heavy atom. The van der Waals surface area contributed by atoms with Crippen molar-refractivity contribution in [2.24, 2.45) is 5.73 Å². The van der Waals surface area contributed by atoms with Crippen LogP contribution in [0.15, 0.2) is 0 Å². The summed E-state index contributed by atoms with van der Waals surface area (Å²) in [5.74, 6) is -0.00452. The van der Waals surface area contributed by atoms with Crippen LogP contribution in [0.1, 0.15) is 20.3 Å². The monoisotopic (exact) mass is 248 g/mol. The Balaban J connectivity index is 4.27. The number of thioether (sulfide) groups is 1. The van der Waals surface area contributed by atoms with Gasteiger partial charge < -0.3 is 15.8 Å². The van der Waals surface area contributed by atoms with Gasteiger partial charge in [0.2, 0.25) is 5.91 Å². The van der Waals surface area contributed by atoms with E-state index in [1.165, 1.54) is 7.11 Å². The fourth-order valence-corrected chi connectivity index (χ4v) is 1.57. The van der Waals surface area contributed by atoms with Gasteiger partial charge >= 0.3 is 5.97 Å². The molecule has 0 saturated carbocycles. The Hall–Kier alpha value is -0.750. The molecule has 16 heavy (non-hydrogen) atoms. The number of nitrogens with two attached hydrogens (primary N) is 1. The van der Waals surface area contributed by atoms with Gasteiger partial charge in [0, 0.05) is 0 Å². The van der Waals surface area contributed by atoms with Gasteiger partial charge in [0.05, 0.1) is 13.2 Å². The summed E-state index contributed by atoms with van der Waals surface area (Å²) in [6.45, 7) is 3.16. The van der Waals surface area contributed by atoms with Crippen LogP contribution in [0.4, 0.5) is 0 Å². The highest BCUT2D eigenvalue weighted by Crippen LogP contribution is 2.06. The van der Waals surface area contributed by atoms with Gasteiger partial charge in [-0.05, 0) is 32.3 Å². The molecule has 0 bridgehead atoms. The van der Waals surface area contributed by atoms with Crippen LogP contribution in [0.3, 0.4) is 0 Å². The Kier molecular flexibility index (Phi) is 6.43. The highest BCUT2D eigenvalue weighted by Gasteiger charge is 2.31. The maximum Gasteiger partial charge on any atom is 0.330 e. The van der Waals surface area contributed by atoms with E-state index in [0.717, 1.165) is 5.75 Å². The summed E-state index contributed by atoms with van der Waals surface area (Å²) in [7, 11) is 1.28. The maximum absolute atomic E-state index is 11.6. The van der Waals surface area contributed by atoms with Gasteiger partial charge in [-0.15, -0.1) is 0 Å². The van der Waals surface area contributed by atoms with Crippen LogP contribution >= 0.6 is 11.8 Å². The van der Waals surface area contributed by atoms with Gasteiger partial charge in [-0.2, -0.15) is 11.8 Å². The lowest BCUT2D eigenvalue weighted by Gasteiger charge is -2.24. The van der Waals surface area contributed by atoms with Crippen molar-refractivity contribution in [1.82, 2.24) is 5.32 Å². The first-order valence-electron chi connectivity index (χ1n) is 5.00. The van der Waals surface area contributed by atoms with Crippen molar-refractivity contribution in [3.8, 4) is 0 Å². The Morgan fingerprint density at radius 2 is 2.06 bits per heavy atom. The number of nitrogens with one attached hydrogen (secondary N) is 1. The Morgan fingerprint density at radius 1 is 1.50 bits per heavy atom. The molecule has 3 N–H and O–H groups in total. The van der Waals surface area contributed by atoms with Gasteiger partial charge in [0.1, 0.15) is 5.54 Å². The Labute approximate surface area is 100 Å². The summed E-state index contributed by atoms with van der Waals surface area (Å²) in [6.07, 6.45) is 2.53. The zero-order valence-corrected chi connectivity index (χ0v) is 11.0. The van der Waals surface area contributed by atoms with E-state index < -0.39 is 17.6 Å². The van der Waals surface area contributed by atoms with Gasteiger partial charge in [0.15, 0.2) is 0 Å². The van der Waals surface area contributed by atoms with Crippen LogP contribution in [-0.4, -0.2) is 42.6 Å². The predicted octanol–water partition coefficient (Wildman–Crippen LogP) is 0.135. The first-order valence-corrected chi connectivity index (χ1v) is 6.39. The molecule has 1 amide bonds. The molecule has 0 rings (SSSR count). The molecule has 0 aliphatic heterocycles. The van der Waals surface area contributed by atoms with Gasteiger partial charge in [0.25, 0.3) is 0 Å². The average molecular weight is 248 g/mol. The summed E-state index contributed by atoms with van der Waals surface area (Å²) < 4.78 is 4.58. The van der Waals surface area contributed by atoms with E-state index in [2.05, 4.69) is 10.1 Å². The fraction of sp³-hybridized carbons (Fsp3) is 0.800. The summed E-state index contributed by atoms with van der Waals surface area (Å²) >= 11 is 1.62. The summed E-state index contributed by atoms with van der Waals surface area (Å²) in [5.41, 5.74) is 4.64. The third kappa shape index (κ3) is 4.85. The summed E-state index contributed by atoms with van der Waals surface area (Å²) in [5, 5.41) is 2.57. The van der Waals surface area contributed by atoms with E-state index in [0.29, 0.717) is 6.42 Å². The fourth-order valence-electron chi connectivity index (χ4n) is 1.08. The molecule has 0 spiro atoms. The van der Waals surface area contributed by atoms with E-state index in [4.69, 9.17) is 5.73 Å². The van der Waals surface area contributed by atoms with Crippen LogP contribution in [0.5, 0.6) is 0 Å². The van der Waals surface area contributed by atoms with E-state index >= 15 is 0 Å². The molecule has 0 radical (unpaired) electrons. The van der Waals surface area contributed by atoms with Crippen LogP contribution in [0, 0.1) is 0 Å². The summed E-state index contributed by atoms with van der Waals surface area (Å²) in [4.78, 5) is 23.0. The number of carbonyl (C=O) groups is 2. The molecule has 0 fully saturated rings. The lowest BCUT2D eigenvalue weighted by molar-refractivity contribution is -0.149. The van der Waals surface area contributed by atoms with Crippen LogP contribution in [-0.2, 0) is 14.3 Å². The second-order valence-electron chi connectivity index (χ2n) is 3.99. The number of esters is 1. The molecule has 0 aliphatic carbocycles. The van der Waals surface area contributed by atoms with Crippen LogP contribution < -0.4 is 11.1 Å². The maximum atomic E-state index is 11.6. The first kappa shape index (κ1) is 15.2. The van der Waals surface area contributed by atoms with Crippen molar-refractivity contribution in [2.45, 2.75) is 31.8 Å². The largest absolute Gasteiger partial charge is 0.467 e. The molecule has 5 nitrogen and oxygen atoms in total. The van der Waals surface area contributed by atoms with Crippen molar-refractivity contribution in [1.29, 1.82) is 0 Å². The van der Waals surface area contributed by atoms with Gasteiger partial charge in [-0.1, -0.05) is 0 Å². The van der Waals surface area contributed by atoms with E-state index in [1.54, 1.807) is 25.6 Å². The number of hydrogen-bond acceptors (Lipinski definition) is 5. The molecule has 0 unspecified atom stereocenters. The van der Waals surface area contributed by atoms with Crippen molar-refractivity contribution >= 4 is 23.6 Å². The van der Waals surface area contributed by atoms with Crippen LogP contribution in [0.25, 0.3) is 0 Å². The molecule has 0 heterocycles. The normalized spacial score (nSPS) is 13.1. The number of hydrogen-bond donors (Lipinski definition) is 2. The van der Waals surface area contributed by atoms with E-state index in [9.17, 15) is 9.59 Å². The third-order valence-electron chi connectivity index (χ3n) is 2.10. The van der Waals surface area contributed by atoms with Gasteiger partial charge in [-0.25, -0.2) is 4.79 Å². The molecule has 94 valence electrons. The minimum Gasteiger partial charge on any atom is -0.467 e. The summed E-state index contributed by atoms with van der Waals surface area (Å²) in [6, 6.07) is -0.587. The molecule has 1 atom stereocenters. The van der Waals surface area contributed by atoms with Crippen molar-refractivity contribution in [3.05, 3.63) is 0 Å². The number of rotatable bonds is 6. The number of carbonyl (C=O) groups excluding carboxylic acids is 2. The molecule has 0 aromatic heterocycles. The van der Waals surface area contributed by atoms with Crippen molar-refractivity contribution in [2.75, 3.05) is 19.1 Å².